The highest BCUT2D eigenvalue weighted by molar-refractivity contribution is 5.38. The van der Waals surface area contributed by atoms with E-state index >= 15 is 0 Å². The zero-order valence-electron chi connectivity index (χ0n) is 12.9. The first-order valence-corrected chi connectivity index (χ1v) is 7.34. The fourth-order valence-electron chi connectivity index (χ4n) is 2.10. The van der Waals surface area contributed by atoms with Gasteiger partial charge in [-0.05, 0) is 61.7 Å². The molecule has 0 radical (unpaired) electrons. The van der Waals surface area contributed by atoms with Crippen LogP contribution in [0.25, 0.3) is 0 Å². The van der Waals surface area contributed by atoms with E-state index in [-0.39, 0.29) is 5.82 Å². The van der Waals surface area contributed by atoms with Crippen LogP contribution < -0.4 is 10.1 Å². The van der Waals surface area contributed by atoms with Gasteiger partial charge in [0.1, 0.15) is 17.3 Å². The summed E-state index contributed by atoms with van der Waals surface area (Å²) < 4.78 is 19.2. The summed E-state index contributed by atoms with van der Waals surface area (Å²) in [6, 6.07) is 10.9. The Morgan fingerprint density at radius 3 is 2.38 bits per heavy atom. The van der Waals surface area contributed by atoms with E-state index in [1.54, 1.807) is 19.1 Å². The number of nitrogens with one attached hydrogen (secondary N) is 1. The van der Waals surface area contributed by atoms with Crippen molar-refractivity contribution >= 4 is 0 Å². The fourth-order valence-corrected chi connectivity index (χ4v) is 2.10. The molecule has 0 aliphatic carbocycles. The van der Waals surface area contributed by atoms with E-state index in [9.17, 15) is 4.39 Å². The maximum atomic E-state index is 13.5. The molecule has 2 nitrogen and oxygen atoms in total. The SMILES string of the molecule is CCCNCc1ccc(Oc2ccc(C)c(F)c2)cc1C. The Kier molecular flexibility index (Phi) is 5.34. The van der Waals surface area contributed by atoms with Crippen LogP contribution in [0.4, 0.5) is 4.39 Å². The molecule has 3 heteroatoms. The summed E-state index contributed by atoms with van der Waals surface area (Å²) in [7, 11) is 0. The van der Waals surface area contributed by atoms with Gasteiger partial charge in [0.15, 0.2) is 0 Å². The molecule has 0 saturated heterocycles. The highest BCUT2D eigenvalue weighted by Crippen LogP contribution is 2.25. The third kappa shape index (κ3) is 4.30. The fraction of sp³-hybridized carbons (Fsp3) is 0.333. The standard InChI is InChI=1S/C18H22FNO/c1-4-9-20-12-15-6-8-16(10-14(15)3)21-17-7-5-13(2)18(19)11-17/h5-8,10-11,20H,4,9,12H2,1-3H3. The molecule has 0 amide bonds. The molecule has 2 rings (SSSR count). The lowest BCUT2D eigenvalue weighted by Crippen LogP contribution is -2.14. The number of benzene rings is 2. The summed E-state index contributed by atoms with van der Waals surface area (Å²) in [5.74, 6) is 1.01. The van der Waals surface area contributed by atoms with Crippen molar-refractivity contribution in [3.8, 4) is 11.5 Å². The molecule has 0 heterocycles. The second-order valence-corrected chi connectivity index (χ2v) is 5.28. The van der Waals surface area contributed by atoms with Gasteiger partial charge in [-0.15, -0.1) is 0 Å². The largest absolute Gasteiger partial charge is 0.457 e. The van der Waals surface area contributed by atoms with Gasteiger partial charge in [-0.3, -0.25) is 0 Å². The van der Waals surface area contributed by atoms with Gasteiger partial charge >= 0.3 is 0 Å². The second-order valence-electron chi connectivity index (χ2n) is 5.28. The first-order chi connectivity index (χ1) is 10.1. The Bertz CT molecular complexity index is 610. The van der Waals surface area contributed by atoms with Crippen molar-refractivity contribution in [3.63, 3.8) is 0 Å². The first kappa shape index (κ1) is 15.5. The molecule has 0 fully saturated rings. The van der Waals surface area contributed by atoms with Crippen LogP contribution in [0.15, 0.2) is 36.4 Å². The summed E-state index contributed by atoms with van der Waals surface area (Å²) in [4.78, 5) is 0. The van der Waals surface area contributed by atoms with Gasteiger partial charge in [0.25, 0.3) is 0 Å². The lowest BCUT2D eigenvalue weighted by atomic mass is 10.1. The van der Waals surface area contributed by atoms with E-state index in [2.05, 4.69) is 25.2 Å². The van der Waals surface area contributed by atoms with E-state index in [0.717, 1.165) is 25.3 Å². The summed E-state index contributed by atoms with van der Waals surface area (Å²) in [6.07, 6.45) is 1.12. The van der Waals surface area contributed by atoms with Crippen LogP contribution in [0.5, 0.6) is 11.5 Å². The maximum absolute atomic E-state index is 13.5. The highest BCUT2D eigenvalue weighted by Gasteiger charge is 2.04. The van der Waals surface area contributed by atoms with Crippen LogP contribution in [-0.2, 0) is 6.54 Å². The molecule has 2 aromatic rings. The average Bonchev–Trinajstić information content (AvgIpc) is 2.45. The Labute approximate surface area is 126 Å². The maximum Gasteiger partial charge on any atom is 0.130 e. The molecule has 0 unspecified atom stereocenters. The zero-order chi connectivity index (χ0) is 15.2. The van der Waals surface area contributed by atoms with Crippen LogP contribution in [0.3, 0.4) is 0 Å². The molecule has 2 aromatic carbocycles. The summed E-state index contributed by atoms with van der Waals surface area (Å²) in [5, 5.41) is 3.38. The van der Waals surface area contributed by atoms with Crippen LogP contribution in [0.2, 0.25) is 0 Å². The number of rotatable bonds is 6. The van der Waals surface area contributed by atoms with Crippen molar-refractivity contribution in [2.24, 2.45) is 0 Å². The lowest BCUT2D eigenvalue weighted by Gasteiger charge is -2.11. The van der Waals surface area contributed by atoms with Crippen molar-refractivity contribution in [1.82, 2.24) is 5.32 Å². The Morgan fingerprint density at radius 2 is 1.71 bits per heavy atom. The molecule has 0 spiro atoms. The van der Waals surface area contributed by atoms with Gasteiger partial charge in [0, 0.05) is 12.6 Å². The van der Waals surface area contributed by atoms with Gasteiger partial charge < -0.3 is 10.1 Å². The smallest absolute Gasteiger partial charge is 0.130 e. The van der Waals surface area contributed by atoms with Gasteiger partial charge in [-0.25, -0.2) is 4.39 Å². The molecule has 112 valence electrons. The molecule has 21 heavy (non-hydrogen) atoms. The van der Waals surface area contributed by atoms with E-state index in [1.165, 1.54) is 17.2 Å². The topological polar surface area (TPSA) is 21.3 Å². The molecular weight excluding hydrogens is 265 g/mol. The van der Waals surface area contributed by atoms with E-state index in [4.69, 9.17) is 4.74 Å². The Morgan fingerprint density at radius 1 is 1.00 bits per heavy atom. The van der Waals surface area contributed by atoms with Crippen LogP contribution in [-0.4, -0.2) is 6.54 Å². The minimum Gasteiger partial charge on any atom is -0.457 e. The predicted octanol–water partition coefficient (Wildman–Crippen LogP) is 4.73. The molecular formula is C18H22FNO. The monoisotopic (exact) mass is 287 g/mol. The minimum atomic E-state index is -0.246. The van der Waals surface area contributed by atoms with Gasteiger partial charge in [-0.2, -0.15) is 0 Å². The third-order valence-electron chi connectivity index (χ3n) is 3.44. The summed E-state index contributed by atoms with van der Waals surface area (Å²) in [6.45, 7) is 7.82. The van der Waals surface area contributed by atoms with Crippen molar-refractivity contribution < 1.29 is 9.13 Å². The molecule has 0 bridgehead atoms. The van der Waals surface area contributed by atoms with Crippen LogP contribution in [0.1, 0.15) is 30.0 Å². The van der Waals surface area contributed by atoms with Crippen LogP contribution in [0, 0.1) is 19.7 Å². The van der Waals surface area contributed by atoms with E-state index in [1.807, 2.05) is 12.1 Å². The lowest BCUT2D eigenvalue weighted by molar-refractivity contribution is 0.475. The number of halogens is 1. The van der Waals surface area contributed by atoms with E-state index in [0.29, 0.717) is 11.3 Å². The molecule has 1 N–H and O–H groups in total. The van der Waals surface area contributed by atoms with Crippen molar-refractivity contribution in [2.45, 2.75) is 33.7 Å². The number of ether oxygens (including phenoxy) is 1. The predicted molar refractivity (Wildman–Crippen MR) is 84.4 cm³/mol. The molecule has 0 aliphatic heterocycles. The van der Waals surface area contributed by atoms with Crippen molar-refractivity contribution in [2.75, 3.05) is 6.54 Å². The van der Waals surface area contributed by atoms with E-state index < -0.39 is 0 Å². The zero-order valence-corrected chi connectivity index (χ0v) is 12.9. The summed E-state index contributed by atoms with van der Waals surface area (Å²) >= 11 is 0. The average molecular weight is 287 g/mol. The number of aryl methyl sites for hydroxylation is 2. The van der Waals surface area contributed by atoms with Gasteiger partial charge in [0.2, 0.25) is 0 Å². The minimum absolute atomic E-state index is 0.246. The quantitative estimate of drug-likeness (QED) is 0.775. The van der Waals surface area contributed by atoms with Crippen LogP contribution >= 0.6 is 0 Å². The normalized spacial score (nSPS) is 10.7. The molecule has 0 saturated carbocycles. The molecule has 0 atom stereocenters. The number of hydrogen-bond acceptors (Lipinski definition) is 2. The Balaban J connectivity index is 2.07. The summed E-state index contributed by atoms with van der Waals surface area (Å²) in [5.41, 5.74) is 3.05. The first-order valence-electron chi connectivity index (χ1n) is 7.34. The second kappa shape index (κ2) is 7.23. The number of hydrogen-bond donors (Lipinski definition) is 1. The van der Waals surface area contributed by atoms with Gasteiger partial charge in [-0.1, -0.05) is 19.1 Å². The van der Waals surface area contributed by atoms with Crippen molar-refractivity contribution in [1.29, 1.82) is 0 Å². The van der Waals surface area contributed by atoms with Gasteiger partial charge in [0.05, 0.1) is 0 Å². The third-order valence-corrected chi connectivity index (χ3v) is 3.44. The molecule has 0 aliphatic rings. The highest BCUT2D eigenvalue weighted by atomic mass is 19.1. The van der Waals surface area contributed by atoms with Crippen molar-refractivity contribution in [3.05, 3.63) is 58.9 Å². The molecule has 0 aromatic heterocycles. The Hall–Kier alpha value is -1.87.